The Balaban J connectivity index is 5.98. The maximum atomic E-state index is 15.4. The quantitative estimate of drug-likeness (QED) is 0.286. The molecule has 0 saturated carbocycles. The van der Waals surface area contributed by atoms with E-state index in [-0.39, 0.29) is 17.2 Å². The Morgan fingerprint density at radius 1 is 1.25 bits per heavy atom. The van der Waals surface area contributed by atoms with Crippen molar-refractivity contribution in [3.05, 3.63) is 61.0 Å². The molecule has 0 amide bonds. The van der Waals surface area contributed by atoms with Crippen LogP contribution in [0.2, 0.25) is 0 Å². The summed E-state index contributed by atoms with van der Waals surface area (Å²) < 4.78 is 29.1. The second-order valence-corrected chi connectivity index (χ2v) is 7.02. The van der Waals surface area contributed by atoms with Crippen LogP contribution in [0.25, 0.3) is 0 Å². The molecular formula is C22H34F2. The molecule has 0 heterocycles. The zero-order valence-electron chi connectivity index (χ0n) is 16.3. The van der Waals surface area contributed by atoms with Gasteiger partial charge >= 0.3 is 0 Å². The molecule has 0 aromatic rings. The van der Waals surface area contributed by atoms with Gasteiger partial charge in [0, 0.05) is 5.41 Å². The van der Waals surface area contributed by atoms with Gasteiger partial charge in [-0.05, 0) is 62.2 Å². The number of halogens is 2. The van der Waals surface area contributed by atoms with Gasteiger partial charge in [-0.1, -0.05) is 52.2 Å². The van der Waals surface area contributed by atoms with E-state index in [9.17, 15) is 4.39 Å². The summed E-state index contributed by atoms with van der Waals surface area (Å²) in [5.74, 6) is -0.0925. The lowest BCUT2D eigenvalue weighted by atomic mass is 9.67. The fraction of sp³-hybridized carbons (Fsp3) is 0.545. The van der Waals surface area contributed by atoms with Crippen molar-refractivity contribution in [2.24, 2.45) is 16.7 Å². The summed E-state index contributed by atoms with van der Waals surface area (Å²) in [5, 5.41) is 0. The first-order valence-corrected chi connectivity index (χ1v) is 8.65. The van der Waals surface area contributed by atoms with E-state index in [2.05, 4.69) is 40.5 Å². The molecule has 0 radical (unpaired) electrons. The van der Waals surface area contributed by atoms with Crippen LogP contribution in [0.4, 0.5) is 8.78 Å². The van der Waals surface area contributed by atoms with E-state index in [1.807, 2.05) is 6.08 Å². The molecule has 0 spiro atoms. The van der Waals surface area contributed by atoms with Crippen molar-refractivity contribution in [1.29, 1.82) is 0 Å². The maximum absolute atomic E-state index is 15.4. The summed E-state index contributed by atoms with van der Waals surface area (Å²) in [6.07, 6.45) is 6.52. The van der Waals surface area contributed by atoms with Crippen LogP contribution in [0.3, 0.4) is 0 Å². The van der Waals surface area contributed by atoms with Crippen LogP contribution >= 0.6 is 0 Å². The molecule has 0 aromatic heterocycles. The van der Waals surface area contributed by atoms with E-state index in [4.69, 9.17) is 0 Å². The zero-order chi connectivity index (χ0) is 19.1. The Hall–Kier alpha value is -1.44. The Morgan fingerprint density at radius 3 is 2.08 bits per heavy atom. The summed E-state index contributed by atoms with van der Waals surface area (Å²) in [4.78, 5) is 0. The maximum Gasteiger partial charge on any atom is 0.123 e. The minimum atomic E-state index is -1.22. The molecule has 3 unspecified atom stereocenters. The first-order chi connectivity index (χ1) is 11.0. The van der Waals surface area contributed by atoms with Gasteiger partial charge in [-0.2, -0.15) is 0 Å². The highest BCUT2D eigenvalue weighted by molar-refractivity contribution is 5.40. The Bertz CT molecular complexity index is 520. The lowest BCUT2D eigenvalue weighted by Gasteiger charge is -2.39. The Morgan fingerprint density at radius 2 is 1.79 bits per heavy atom. The minimum Gasteiger partial charge on any atom is -0.243 e. The van der Waals surface area contributed by atoms with E-state index in [0.29, 0.717) is 17.6 Å². The van der Waals surface area contributed by atoms with Crippen molar-refractivity contribution >= 4 is 0 Å². The lowest BCUT2D eigenvalue weighted by Crippen LogP contribution is -2.32. The first-order valence-electron chi connectivity index (χ1n) is 8.65. The van der Waals surface area contributed by atoms with Crippen LogP contribution < -0.4 is 0 Å². The zero-order valence-corrected chi connectivity index (χ0v) is 16.3. The molecule has 0 aliphatic heterocycles. The molecule has 0 saturated heterocycles. The van der Waals surface area contributed by atoms with Crippen LogP contribution in [-0.4, -0.2) is 6.17 Å². The minimum absolute atomic E-state index is 0.267. The van der Waals surface area contributed by atoms with Gasteiger partial charge in [-0.15, -0.1) is 6.58 Å². The molecule has 0 aliphatic rings. The summed E-state index contributed by atoms with van der Waals surface area (Å²) >= 11 is 0. The molecular weight excluding hydrogens is 302 g/mol. The Labute approximate surface area is 147 Å². The van der Waals surface area contributed by atoms with E-state index < -0.39 is 11.6 Å². The second-order valence-electron chi connectivity index (χ2n) is 7.02. The number of hydrogen-bond donors (Lipinski definition) is 0. The molecule has 0 bridgehead atoms. The van der Waals surface area contributed by atoms with Gasteiger partial charge in [0.2, 0.25) is 0 Å². The molecule has 0 N–H and O–H groups in total. The summed E-state index contributed by atoms with van der Waals surface area (Å²) in [6, 6.07) is 0. The largest absolute Gasteiger partial charge is 0.243 e. The van der Waals surface area contributed by atoms with Gasteiger partial charge in [0.25, 0.3) is 0 Å². The molecule has 0 rings (SSSR count). The summed E-state index contributed by atoms with van der Waals surface area (Å²) in [7, 11) is 0. The summed E-state index contributed by atoms with van der Waals surface area (Å²) in [5.41, 5.74) is -0.115. The summed E-state index contributed by atoms with van der Waals surface area (Å²) in [6.45, 7) is 22.8. The Kier molecular flexibility index (Phi) is 8.60. The van der Waals surface area contributed by atoms with Gasteiger partial charge in [0.1, 0.15) is 6.17 Å². The molecule has 0 aliphatic carbocycles. The van der Waals surface area contributed by atoms with E-state index in [0.717, 1.165) is 6.42 Å². The van der Waals surface area contributed by atoms with Crippen LogP contribution in [0.5, 0.6) is 0 Å². The van der Waals surface area contributed by atoms with E-state index in [1.165, 1.54) is 13.0 Å². The highest BCUT2D eigenvalue weighted by Gasteiger charge is 2.38. The van der Waals surface area contributed by atoms with Crippen LogP contribution in [0, 0.1) is 16.7 Å². The predicted octanol–water partition coefficient (Wildman–Crippen LogP) is 7.52. The van der Waals surface area contributed by atoms with Gasteiger partial charge in [0.15, 0.2) is 0 Å². The fourth-order valence-corrected chi connectivity index (χ4v) is 3.47. The van der Waals surface area contributed by atoms with Crippen molar-refractivity contribution in [2.75, 3.05) is 0 Å². The lowest BCUT2D eigenvalue weighted by molar-refractivity contribution is 0.170. The smallest absolute Gasteiger partial charge is 0.123 e. The highest BCUT2D eigenvalue weighted by Crippen LogP contribution is 2.46. The van der Waals surface area contributed by atoms with Crippen molar-refractivity contribution in [2.45, 2.75) is 60.6 Å². The third-order valence-corrected chi connectivity index (χ3v) is 5.42. The SMILES string of the molecule is C=CC(=C)C(C)(/C=C(\C)F)/C(=C\C)C(F)CC(C=C)(CC)C(C)C. The average molecular weight is 337 g/mol. The number of hydrogen-bond acceptors (Lipinski definition) is 0. The van der Waals surface area contributed by atoms with Gasteiger partial charge < -0.3 is 0 Å². The van der Waals surface area contributed by atoms with Crippen molar-refractivity contribution in [1.82, 2.24) is 0 Å². The molecule has 3 atom stereocenters. The number of rotatable bonds is 10. The second kappa shape index (κ2) is 9.15. The molecule has 24 heavy (non-hydrogen) atoms. The van der Waals surface area contributed by atoms with Crippen molar-refractivity contribution < 1.29 is 8.78 Å². The van der Waals surface area contributed by atoms with Crippen LogP contribution in [-0.2, 0) is 0 Å². The van der Waals surface area contributed by atoms with Gasteiger partial charge in [-0.25, -0.2) is 8.78 Å². The normalized spacial score (nSPS) is 19.4. The first kappa shape index (κ1) is 22.6. The number of allylic oxidation sites excluding steroid dienone is 7. The molecule has 0 fully saturated rings. The van der Waals surface area contributed by atoms with E-state index >= 15 is 4.39 Å². The molecule has 136 valence electrons. The average Bonchev–Trinajstić information content (AvgIpc) is 2.51. The van der Waals surface area contributed by atoms with Gasteiger partial charge in [0.05, 0.1) is 5.83 Å². The van der Waals surface area contributed by atoms with Crippen LogP contribution in [0.15, 0.2) is 61.0 Å². The third-order valence-electron chi connectivity index (χ3n) is 5.42. The van der Waals surface area contributed by atoms with Crippen LogP contribution in [0.1, 0.15) is 54.4 Å². The molecule has 2 heteroatoms. The highest BCUT2D eigenvalue weighted by atomic mass is 19.1. The van der Waals surface area contributed by atoms with E-state index in [1.54, 1.807) is 26.0 Å². The molecule has 0 nitrogen and oxygen atoms in total. The monoisotopic (exact) mass is 336 g/mol. The van der Waals surface area contributed by atoms with Crippen molar-refractivity contribution in [3.63, 3.8) is 0 Å². The standard InChI is InChI=1S/C22H34F2/c1-10-17(7)21(9,14-18(8)23)19(11-2)20(24)15-22(12-3,13-4)16(5)6/h10-12,14,16,20H,1,3,7,13,15H2,2,4-6,8-9H3/b18-14+,19-11-. The fourth-order valence-electron chi connectivity index (χ4n) is 3.47. The predicted molar refractivity (Wildman–Crippen MR) is 103 cm³/mol. The topological polar surface area (TPSA) is 0 Å². The van der Waals surface area contributed by atoms with Crippen molar-refractivity contribution in [3.8, 4) is 0 Å². The van der Waals surface area contributed by atoms with Gasteiger partial charge in [-0.3, -0.25) is 0 Å². The molecule has 0 aromatic carbocycles. The number of alkyl halides is 1. The third kappa shape index (κ3) is 4.78.